The summed E-state index contributed by atoms with van der Waals surface area (Å²) in [5.74, 6) is 2.63. The average Bonchev–Trinajstić information content (AvgIpc) is 2.34. The molecule has 4 heteroatoms. The number of nitrogens with two attached hydrogens (primary N) is 1. The third kappa shape index (κ3) is 4.68. The molecule has 0 aromatic heterocycles. The van der Waals surface area contributed by atoms with Gasteiger partial charge in [0.1, 0.15) is 11.8 Å². The second-order valence-electron chi connectivity index (χ2n) is 3.96. The zero-order valence-electron chi connectivity index (χ0n) is 10.3. The molecule has 1 atom stereocenters. The van der Waals surface area contributed by atoms with E-state index in [-0.39, 0.29) is 6.04 Å². The molecular weight excluding hydrogens is 232 g/mol. The van der Waals surface area contributed by atoms with E-state index in [9.17, 15) is 0 Å². The van der Waals surface area contributed by atoms with Gasteiger partial charge in [-0.3, -0.25) is 0 Å². The molecule has 0 heterocycles. The summed E-state index contributed by atoms with van der Waals surface area (Å²) >= 11 is 1.85. The molecule has 0 spiro atoms. The molecule has 0 bridgehead atoms. The maximum atomic E-state index is 8.87. The fraction of sp³-hybridized carbons (Fsp3) is 0.462. The molecule has 0 radical (unpaired) electrons. The third-order valence-electron chi connectivity index (χ3n) is 2.37. The summed E-state index contributed by atoms with van der Waals surface area (Å²) in [5, 5.41) is 8.87. The summed E-state index contributed by atoms with van der Waals surface area (Å²) in [7, 11) is 1.59. The van der Waals surface area contributed by atoms with E-state index in [1.54, 1.807) is 13.2 Å². The summed E-state index contributed by atoms with van der Waals surface area (Å²) in [6, 6.07) is 8.08. The van der Waals surface area contributed by atoms with Crippen LogP contribution in [-0.4, -0.2) is 18.9 Å². The Hall–Kier alpha value is -1.18. The van der Waals surface area contributed by atoms with Crippen LogP contribution in [0.4, 0.5) is 0 Å². The number of rotatable bonds is 6. The quantitative estimate of drug-likeness (QED) is 0.788. The van der Waals surface area contributed by atoms with Crippen molar-refractivity contribution in [3.05, 3.63) is 29.3 Å². The zero-order chi connectivity index (χ0) is 12.7. The Balaban J connectivity index is 2.52. The number of thioether (sulfide) groups is 1. The van der Waals surface area contributed by atoms with E-state index in [0.717, 1.165) is 17.9 Å². The molecular formula is C13H18N2OS. The van der Waals surface area contributed by atoms with Crippen molar-refractivity contribution >= 4 is 11.8 Å². The highest BCUT2D eigenvalue weighted by atomic mass is 32.2. The standard InChI is InChI=1S/C13H18N2OS/c1-10(15)5-6-17-9-11-3-4-12(8-14)13(7-11)16-2/h3-4,7,10H,5-6,9,15H2,1-2H3. The van der Waals surface area contributed by atoms with Gasteiger partial charge in [0.25, 0.3) is 0 Å². The summed E-state index contributed by atoms with van der Waals surface area (Å²) in [4.78, 5) is 0. The summed E-state index contributed by atoms with van der Waals surface area (Å²) < 4.78 is 5.17. The van der Waals surface area contributed by atoms with Crippen molar-refractivity contribution in [3.8, 4) is 11.8 Å². The molecule has 17 heavy (non-hydrogen) atoms. The average molecular weight is 250 g/mol. The van der Waals surface area contributed by atoms with Crippen LogP contribution in [0.15, 0.2) is 18.2 Å². The van der Waals surface area contributed by atoms with E-state index in [0.29, 0.717) is 11.3 Å². The number of hydrogen-bond acceptors (Lipinski definition) is 4. The topological polar surface area (TPSA) is 59.0 Å². The second kappa shape index (κ2) is 7.21. The Morgan fingerprint density at radius 2 is 2.29 bits per heavy atom. The molecule has 1 aromatic carbocycles. The molecule has 92 valence electrons. The second-order valence-corrected chi connectivity index (χ2v) is 5.07. The van der Waals surface area contributed by atoms with Gasteiger partial charge in [0.05, 0.1) is 12.7 Å². The maximum Gasteiger partial charge on any atom is 0.136 e. The van der Waals surface area contributed by atoms with Gasteiger partial charge in [-0.1, -0.05) is 6.07 Å². The third-order valence-corrected chi connectivity index (χ3v) is 3.43. The van der Waals surface area contributed by atoms with Crippen molar-refractivity contribution in [3.63, 3.8) is 0 Å². The molecule has 0 saturated heterocycles. The Labute approximate surface area is 107 Å². The van der Waals surface area contributed by atoms with E-state index < -0.39 is 0 Å². The van der Waals surface area contributed by atoms with E-state index in [4.69, 9.17) is 15.7 Å². The number of nitriles is 1. The molecule has 0 aliphatic heterocycles. The van der Waals surface area contributed by atoms with Crippen LogP contribution in [0.2, 0.25) is 0 Å². The number of hydrogen-bond donors (Lipinski definition) is 1. The molecule has 1 unspecified atom stereocenters. The highest BCUT2D eigenvalue weighted by Gasteiger charge is 2.03. The fourth-order valence-corrected chi connectivity index (χ4v) is 2.48. The van der Waals surface area contributed by atoms with E-state index >= 15 is 0 Å². The van der Waals surface area contributed by atoms with Gasteiger partial charge in [-0.2, -0.15) is 17.0 Å². The van der Waals surface area contributed by atoms with Crippen LogP contribution in [0.1, 0.15) is 24.5 Å². The predicted octanol–water partition coefficient (Wildman–Crippen LogP) is 2.54. The largest absolute Gasteiger partial charge is 0.495 e. The van der Waals surface area contributed by atoms with Crippen molar-refractivity contribution in [1.29, 1.82) is 5.26 Å². The fourth-order valence-electron chi connectivity index (χ4n) is 1.38. The summed E-state index contributed by atoms with van der Waals surface area (Å²) in [6.07, 6.45) is 1.03. The summed E-state index contributed by atoms with van der Waals surface area (Å²) in [5.41, 5.74) is 7.44. The Kier molecular flexibility index (Phi) is 5.88. The highest BCUT2D eigenvalue weighted by Crippen LogP contribution is 2.22. The lowest BCUT2D eigenvalue weighted by molar-refractivity contribution is 0.413. The number of ether oxygens (including phenoxy) is 1. The van der Waals surface area contributed by atoms with Crippen LogP contribution < -0.4 is 10.5 Å². The van der Waals surface area contributed by atoms with E-state index in [1.165, 1.54) is 5.56 Å². The van der Waals surface area contributed by atoms with Gasteiger partial charge >= 0.3 is 0 Å². The van der Waals surface area contributed by atoms with Crippen LogP contribution >= 0.6 is 11.8 Å². The first-order valence-corrected chi connectivity index (χ1v) is 6.73. The maximum absolute atomic E-state index is 8.87. The SMILES string of the molecule is COc1cc(CSCCC(C)N)ccc1C#N. The first-order chi connectivity index (χ1) is 8.17. The van der Waals surface area contributed by atoms with Gasteiger partial charge in [0, 0.05) is 11.8 Å². The van der Waals surface area contributed by atoms with Crippen LogP contribution in [0.3, 0.4) is 0 Å². The molecule has 1 rings (SSSR count). The minimum absolute atomic E-state index is 0.262. The molecule has 0 amide bonds. The number of benzene rings is 1. The van der Waals surface area contributed by atoms with E-state index in [1.807, 2.05) is 30.8 Å². The lowest BCUT2D eigenvalue weighted by Gasteiger charge is -2.07. The smallest absolute Gasteiger partial charge is 0.136 e. The van der Waals surface area contributed by atoms with Gasteiger partial charge in [-0.05, 0) is 36.8 Å². The van der Waals surface area contributed by atoms with Crippen LogP contribution in [-0.2, 0) is 5.75 Å². The Morgan fingerprint density at radius 1 is 1.53 bits per heavy atom. The lowest BCUT2D eigenvalue weighted by Crippen LogP contribution is -2.15. The molecule has 0 saturated carbocycles. The Morgan fingerprint density at radius 3 is 2.88 bits per heavy atom. The van der Waals surface area contributed by atoms with Crippen molar-refractivity contribution in [2.75, 3.05) is 12.9 Å². The molecule has 0 aliphatic rings. The normalized spacial score (nSPS) is 11.9. The van der Waals surface area contributed by atoms with Gasteiger partial charge in [0.15, 0.2) is 0 Å². The van der Waals surface area contributed by atoms with Gasteiger partial charge in [0.2, 0.25) is 0 Å². The molecule has 0 fully saturated rings. The minimum atomic E-state index is 0.262. The van der Waals surface area contributed by atoms with Crippen molar-refractivity contribution in [1.82, 2.24) is 0 Å². The minimum Gasteiger partial charge on any atom is -0.495 e. The Bertz CT molecular complexity index is 399. The highest BCUT2D eigenvalue weighted by molar-refractivity contribution is 7.98. The van der Waals surface area contributed by atoms with Crippen LogP contribution in [0, 0.1) is 11.3 Å². The first-order valence-electron chi connectivity index (χ1n) is 5.57. The molecule has 2 N–H and O–H groups in total. The molecule has 0 aliphatic carbocycles. The predicted molar refractivity (Wildman–Crippen MR) is 72.1 cm³/mol. The van der Waals surface area contributed by atoms with Crippen LogP contribution in [0.25, 0.3) is 0 Å². The van der Waals surface area contributed by atoms with E-state index in [2.05, 4.69) is 6.07 Å². The van der Waals surface area contributed by atoms with Crippen molar-refractivity contribution in [2.45, 2.75) is 25.1 Å². The molecule has 1 aromatic rings. The van der Waals surface area contributed by atoms with Gasteiger partial charge < -0.3 is 10.5 Å². The van der Waals surface area contributed by atoms with Crippen LogP contribution in [0.5, 0.6) is 5.75 Å². The number of methoxy groups -OCH3 is 1. The monoisotopic (exact) mass is 250 g/mol. The van der Waals surface area contributed by atoms with Gasteiger partial charge in [-0.25, -0.2) is 0 Å². The molecule has 3 nitrogen and oxygen atoms in total. The van der Waals surface area contributed by atoms with Gasteiger partial charge in [-0.15, -0.1) is 0 Å². The van der Waals surface area contributed by atoms with Crippen molar-refractivity contribution in [2.24, 2.45) is 5.73 Å². The zero-order valence-corrected chi connectivity index (χ0v) is 11.1. The summed E-state index contributed by atoms with van der Waals surface area (Å²) in [6.45, 7) is 2.02. The first kappa shape index (κ1) is 13.9. The number of nitrogens with zero attached hydrogens (tertiary/aromatic N) is 1. The van der Waals surface area contributed by atoms with Crippen molar-refractivity contribution < 1.29 is 4.74 Å². The lowest BCUT2D eigenvalue weighted by atomic mass is 10.1.